The van der Waals surface area contributed by atoms with E-state index in [0.717, 1.165) is 28.5 Å². The Kier molecular flexibility index (Phi) is 6.31. The summed E-state index contributed by atoms with van der Waals surface area (Å²) in [5, 5.41) is 2.18. The molecular formula is C30H32N4O4S. The number of carbonyl (C=O) groups excluding carboxylic acids is 2. The highest BCUT2D eigenvalue weighted by Gasteiger charge is 2.56. The van der Waals surface area contributed by atoms with Gasteiger partial charge in [0.25, 0.3) is 5.56 Å². The van der Waals surface area contributed by atoms with Crippen LogP contribution in [0.3, 0.4) is 0 Å². The second kappa shape index (κ2) is 9.57. The van der Waals surface area contributed by atoms with Crippen LogP contribution < -0.4 is 10.3 Å². The average Bonchev–Trinajstić information content (AvgIpc) is 2.94. The minimum atomic E-state index is -1.38. The number of piperidine rings is 1. The number of benzene rings is 2. The van der Waals surface area contributed by atoms with Gasteiger partial charge in [-0.05, 0) is 47.5 Å². The van der Waals surface area contributed by atoms with E-state index >= 15 is 0 Å². The molecule has 2 unspecified atom stereocenters. The molecule has 202 valence electrons. The summed E-state index contributed by atoms with van der Waals surface area (Å²) in [4.78, 5) is 46.0. The van der Waals surface area contributed by atoms with E-state index in [1.807, 2.05) is 53.1 Å². The van der Waals surface area contributed by atoms with Crippen molar-refractivity contribution in [1.82, 2.24) is 19.3 Å². The fourth-order valence-corrected chi connectivity index (χ4v) is 7.14. The molecule has 2 amide bonds. The van der Waals surface area contributed by atoms with Crippen molar-refractivity contribution in [2.75, 3.05) is 40.8 Å². The fourth-order valence-electron chi connectivity index (χ4n) is 6.97. The molecule has 1 aromatic heterocycles. The molecule has 8 nitrogen and oxygen atoms in total. The van der Waals surface area contributed by atoms with E-state index in [1.165, 1.54) is 9.80 Å². The molecule has 0 spiro atoms. The molecule has 2 atom stereocenters. The van der Waals surface area contributed by atoms with Crippen molar-refractivity contribution in [3.05, 3.63) is 76.2 Å². The van der Waals surface area contributed by atoms with Crippen molar-refractivity contribution in [2.24, 2.45) is 11.3 Å². The van der Waals surface area contributed by atoms with Gasteiger partial charge in [-0.3, -0.25) is 24.2 Å². The summed E-state index contributed by atoms with van der Waals surface area (Å²) in [6, 6.07) is 17.3. The molecule has 3 aliphatic heterocycles. The van der Waals surface area contributed by atoms with Gasteiger partial charge in [0.15, 0.2) is 5.11 Å². The van der Waals surface area contributed by atoms with Crippen LogP contribution in [0.25, 0.3) is 10.8 Å². The van der Waals surface area contributed by atoms with Gasteiger partial charge in [-0.25, -0.2) is 0 Å². The molecular weight excluding hydrogens is 512 g/mol. The van der Waals surface area contributed by atoms with Crippen LogP contribution in [-0.4, -0.2) is 77.0 Å². The van der Waals surface area contributed by atoms with E-state index in [1.54, 1.807) is 27.3 Å². The molecule has 9 heteroatoms. The Morgan fingerprint density at radius 3 is 2.41 bits per heavy atom. The first-order valence-electron chi connectivity index (χ1n) is 13.3. The summed E-state index contributed by atoms with van der Waals surface area (Å²) in [6.45, 7) is 2.30. The third-order valence-corrected chi connectivity index (χ3v) is 9.29. The maximum atomic E-state index is 14.2. The number of aromatic nitrogens is 1. The number of hydrogen-bond donors (Lipinski definition) is 0. The van der Waals surface area contributed by atoms with Crippen LogP contribution >= 0.6 is 12.2 Å². The first-order chi connectivity index (χ1) is 18.7. The summed E-state index contributed by atoms with van der Waals surface area (Å²) < 4.78 is 7.66. The number of amides is 2. The monoisotopic (exact) mass is 544 g/mol. The minimum absolute atomic E-state index is 0.0320. The third-order valence-electron chi connectivity index (χ3n) is 8.75. The van der Waals surface area contributed by atoms with E-state index in [0.29, 0.717) is 25.4 Å². The molecule has 39 heavy (non-hydrogen) atoms. The van der Waals surface area contributed by atoms with Crippen LogP contribution in [0.5, 0.6) is 5.75 Å². The SMILES string of the molecule is COc1ccc2ccccc2c1CC1(CN2CC3CC(C2)c2cccc(=O)n2C3)C(=O)N(C)C(=S)N(C)C1=O. The Bertz CT molecular complexity index is 1540. The molecule has 4 heterocycles. The molecule has 2 saturated heterocycles. The van der Waals surface area contributed by atoms with Crippen LogP contribution in [0.1, 0.15) is 23.6 Å². The van der Waals surface area contributed by atoms with Gasteiger partial charge < -0.3 is 14.2 Å². The predicted molar refractivity (Wildman–Crippen MR) is 153 cm³/mol. The van der Waals surface area contributed by atoms with Gasteiger partial charge in [-0.2, -0.15) is 0 Å². The smallest absolute Gasteiger partial charge is 0.250 e. The van der Waals surface area contributed by atoms with Gasteiger partial charge in [0.2, 0.25) is 11.8 Å². The number of pyridine rings is 1. The van der Waals surface area contributed by atoms with E-state index in [2.05, 4.69) is 4.90 Å². The first kappa shape index (κ1) is 25.7. The highest BCUT2D eigenvalue weighted by molar-refractivity contribution is 7.80. The number of fused-ring (bicyclic) bond motifs is 5. The number of hydrogen-bond acceptors (Lipinski definition) is 6. The topological polar surface area (TPSA) is 75.1 Å². The van der Waals surface area contributed by atoms with Crippen molar-refractivity contribution >= 4 is 39.9 Å². The quantitative estimate of drug-likeness (QED) is 0.363. The van der Waals surface area contributed by atoms with Crippen molar-refractivity contribution < 1.29 is 14.3 Å². The van der Waals surface area contributed by atoms with Crippen LogP contribution in [0.15, 0.2) is 59.4 Å². The van der Waals surface area contributed by atoms with Gasteiger partial charge in [-0.1, -0.05) is 36.4 Å². The lowest BCUT2D eigenvalue weighted by Crippen LogP contribution is -2.67. The van der Waals surface area contributed by atoms with Crippen LogP contribution in [-0.2, 0) is 22.6 Å². The van der Waals surface area contributed by atoms with Gasteiger partial charge in [0, 0.05) is 69.9 Å². The van der Waals surface area contributed by atoms with E-state index in [4.69, 9.17) is 17.0 Å². The summed E-state index contributed by atoms with van der Waals surface area (Å²) >= 11 is 5.46. The zero-order chi connectivity index (χ0) is 27.5. The van der Waals surface area contributed by atoms with Crippen molar-refractivity contribution in [1.29, 1.82) is 0 Å². The Hall–Kier alpha value is -3.56. The molecule has 2 aromatic carbocycles. The molecule has 3 aliphatic rings. The van der Waals surface area contributed by atoms with Crippen molar-refractivity contribution in [2.45, 2.75) is 25.3 Å². The first-order valence-corrected chi connectivity index (χ1v) is 13.7. The number of nitrogens with zero attached hydrogens (tertiary/aromatic N) is 4. The minimum Gasteiger partial charge on any atom is -0.496 e. The zero-order valence-electron chi connectivity index (χ0n) is 22.4. The summed E-state index contributed by atoms with van der Waals surface area (Å²) in [5.74, 6) is 0.499. The second-order valence-corrected chi connectivity index (χ2v) is 11.5. The highest BCUT2D eigenvalue weighted by atomic mass is 32.1. The van der Waals surface area contributed by atoms with Crippen LogP contribution in [0.4, 0.5) is 0 Å². The standard InChI is InChI=1S/C30H32N4O4S/c1-31-27(36)30(28(37)32(2)29(31)39,14-23-22-8-5-4-7-20(22)11-12-25(23)38-3)18-33-15-19-13-21(17-33)24-9-6-10-26(35)34(24)16-19/h4-12,19,21H,13-18H2,1-3H3. The summed E-state index contributed by atoms with van der Waals surface area (Å²) in [5.41, 5.74) is 0.515. The molecule has 2 bridgehead atoms. The third kappa shape index (κ3) is 4.06. The average molecular weight is 545 g/mol. The highest BCUT2D eigenvalue weighted by Crippen LogP contribution is 2.41. The van der Waals surface area contributed by atoms with Crippen LogP contribution in [0, 0.1) is 11.3 Å². The van der Waals surface area contributed by atoms with E-state index in [-0.39, 0.29) is 47.3 Å². The molecule has 0 saturated carbocycles. The Labute approximate surface area is 232 Å². The van der Waals surface area contributed by atoms with Gasteiger partial charge >= 0.3 is 0 Å². The molecule has 0 aliphatic carbocycles. The number of methoxy groups -OCH3 is 1. The molecule has 6 rings (SSSR count). The number of thiocarbonyl (C=S) groups is 1. The fraction of sp³-hybridized carbons (Fsp3) is 0.400. The van der Waals surface area contributed by atoms with Gasteiger partial charge in [-0.15, -0.1) is 0 Å². The maximum Gasteiger partial charge on any atom is 0.250 e. The van der Waals surface area contributed by atoms with E-state index < -0.39 is 5.41 Å². The molecule has 2 fully saturated rings. The van der Waals surface area contributed by atoms with Crippen molar-refractivity contribution in [3.63, 3.8) is 0 Å². The van der Waals surface area contributed by atoms with E-state index in [9.17, 15) is 14.4 Å². The van der Waals surface area contributed by atoms with Gasteiger partial charge in [0.1, 0.15) is 11.2 Å². The van der Waals surface area contributed by atoms with Crippen molar-refractivity contribution in [3.8, 4) is 5.75 Å². The number of likely N-dealkylation sites (tertiary alicyclic amines) is 1. The zero-order valence-corrected chi connectivity index (χ0v) is 23.2. The molecule has 3 aromatic rings. The summed E-state index contributed by atoms with van der Waals surface area (Å²) in [7, 11) is 4.91. The Morgan fingerprint density at radius 1 is 0.923 bits per heavy atom. The summed E-state index contributed by atoms with van der Waals surface area (Å²) in [6.07, 6.45) is 1.18. The normalized spacial score (nSPS) is 22.8. The number of rotatable bonds is 5. The molecule has 0 radical (unpaired) electrons. The van der Waals surface area contributed by atoms with Crippen LogP contribution in [0.2, 0.25) is 0 Å². The predicted octanol–water partition coefficient (Wildman–Crippen LogP) is 2.87. The Morgan fingerprint density at radius 2 is 1.67 bits per heavy atom. The number of carbonyl (C=O) groups is 2. The maximum absolute atomic E-state index is 14.2. The lowest BCUT2D eigenvalue weighted by molar-refractivity contribution is -0.157. The lowest BCUT2D eigenvalue weighted by atomic mass is 9.74. The Balaban J connectivity index is 1.44. The lowest BCUT2D eigenvalue weighted by Gasteiger charge is -2.49. The second-order valence-electron chi connectivity index (χ2n) is 11.1. The van der Waals surface area contributed by atoms with Gasteiger partial charge in [0.05, 0.1) is 7.11 Å². The number of ether oxygens (including phenoxy) is 1. The molecule has 0 N–H and O–H groups in total. The largest absolute Gasteiger partial charge is 0.496 e.